The van der Waals surface area contributed by atoms with Crippen LogP contribution in [0.3, 0.4) is 0 Å². The molecule has 0 radical (unpaired) electrons. The van der Waals surface area contributed by atoms with Crippen molar-refractivity contribution in [1.82, 2.24) is 9.91 Å². The predicted molar refractivity (Wildman–Crippen MR) is 58.8 cm³/mol. The van der Waals surface area contributed by atoms with Gasteiger partial charge in [0.1, 0.15) is 11.3 Å². The van der Waals surface area contributed by atoms with Crippen LogP contribution in [0.25, 0.3) is 0 Å². The van der Waals surface area contributed by atoms with Gasteiger partial charge in [-0.05, 0) is 6.92 Å². The molecule has 0 atom stereocenters. The van der Waals surface area contributed by atoms with Crippen LogP contribution >= 0.6 is 0 Å². The molecule has 0 aromatic rings. The quantitative estimate of drug-likeness (QED) is 0.535. The van der Waals surface area contributed by atoms with Gasteiger partial charge in [0.15, 0.2) is 0 Å². The minimum Gasteiger partial charge on any atom is -0.509 e. The van der Waals surface area contributed by atoms with Gasteiger partial charge < -0.3 is 10.1 Å². The molecule has 1 rings (SSSR count). The lowest BCUT2D eigenvalue weighted by atomic mass is 10.1. The zero-order chi connectivity index (χ0) is 12.5. The SMILES string of the molecule is CC(=O)N1CC(O)=C(/C(C)=N/N(C)C)C1=O. The third kappa shape index (κ3) is 2.21. The second-order valence-corrected chi connectivity index (χ2v) is 3.76. The van der Waals surface area contributed by atoms with Gasteiger partial charge in [0.25, 0.3) is 5.91 Å². The van der Waals surface area contributed by atoms with Crippen molar-refractivity contribution in [3.8, 4) is 0 Å². The lowest BCUT2D eigenvalue weighted by molar-refractivity contribution is -0.139. The van der Waals surface area contributed by atoms with Gasteiger partial charge in [-0.25, -0.2) is 0 Å². The number of hydrogen-bond acceptors (Lipinski definition) is 5. The van der Waals surface area contributed by atoms with Crippen molar-refractivity contribution in [2.75, 3.05) is 20.6 Å². The average molecular weight is 225 g/mol. The molecule has 0 aromatic heterocycles. The van der Waals surface area contributed by atoms with E-state index in [1.54, 1.807) is 21.0 Å². The molecule has 0 aromatic carbocycles. The first kappa shape index (κ1) is 12.2. The smallest absolute Gasteiger partial charge is 0.266 e. The lowest BCUT2D eigenvalue weighted by Crippen LogP contribution is -2.32. The molecule has 0 unspecified atom stereocenters. The highest BCUT2D eigenvalue weighted by atomic mass is 16.3. The lowest BCUT2D eigenvalue weighted by Gasteiger charge is -2.11. The minimum atomic E-state index is -0.492. The molecule has 0 spiro atoms. The molecule has 88 valence electrons. The summed E-state index contributed by atoms with van der Waals surface area (Å²) in [6.45, 7) is 2.84. The van der Waals surface area contributed by atoms with Crippen molar-refractivity contribution < 1.29 is 14.7 Å². The van der Waals surface area contributed by atoms with Crippen LogP contribution in [0.2, 0.25) is 0 Å². The maximum atomic E-state index is 11.8. The highest BCUT2D eigenvalue weighted by Gasteiger charge is 2.34. The normalized spacial score (nSPS) is 17.1. The van der Waals surface area contributed by atoms with Crippen molar-refractivity contribution in [2.45, 2.75) is 13.8 Å². The Hall–Kier alpha value is -1.85. The third-order valence-electron chi connectivity index (χ3n) is 2.15. The van der Waals surface area contributed by atoms with Crippen LogP contribution in [-0.4, -0.2) is 53.2 Å². The highest BCUT2D eigenvalue weighted by molar-refractivity contribution is 6.25. The molecule has 1 N–H and O–H groups in total. The fourth-order valence-corrected chi connectivity index (χ4v) is 1.53. The number of aliphatic hydroxyl groups excluding tert-OH is 1. The number of carbonyl (C=O) groups excluding carboxylic acids is 2. The molecular formula is C10H15N3O3. The molecular weight excluding hydrogens is 210 g/mol. The largest absolute Gasteiger partial charge is 0.509 e. The Bertz CT molecular complexity index is 396. The summed E-state index contributed by atoms with van der Waals surface area (Å²) in [5.41, 5.74) is 0.514. The minimum absolute atomic E-state index is 0.0657. The Labute approximate surface area is 93.8 Å². The van der Waals surface area contributed by atoms with Crippen LogP contribution in [0.5, 0.6) is 0 Å². The first-order valence-electron chi connectivity index (χ1n) is 4.82. The Morgan fingerprint density at radius 3 is 2.38 bits per heavy atom. The van der Waals surface area contributed by atoms with Gasteiger partial charge >= 0.3 is 0 Å². The maximum Gasteiger partial charge on any atom is 0.266 e. The van der Waals surface area contributed by atoms with E-state index in [-0.39, 0.29) is 23.8 Å². The van der Waals surface area contributed by atoms with Crippen molar-refractivity contribution in [2.24, 2.45) is 5.10 Å². The van der Waals surface area contributed by atoms with Gasteiger partial charge in [0.2, 0.25) is 5.91 Å². The molecule has 6 nitrogen and oxygen atoms in total. The van der Waals surface area contributed by atoms with Crippen LogP contribution in [0.4, 0.5) is 0 Å². The summed E-state index contributed by atoms with van der Waals surface area (Å²) >= 11 is 0. The number of imide groups is 1. The topological polar surface area (TPSA) is 73.2 Å². The monoisotopic (exact) mass is 225 g/mol. The van der Waals surface area contributed by atoms with E-state index in [9.17, 15) is 14.7 Å². The summed E-state index contributed by atoms with van der Waals surface area (Å²) in [5, 5.41) is 15.2. The van der Waals surface area contributed by atoms with Gasteiger partial charge in [-0.2, -0.15) is 5.10 Å². The summed E-state index contributed by atoms with van der Waals surface area (Å²) in [6, 6.07) is 0. The number of nitrogens with zero attached hydrogens (tertiary/aromatic N) is 3. The van der Waals surface area contributed by atoms with Crippen molar-refractivity contribution >= 4 is 17.5 Å². The Morgan fingerprint density at radius 2 is 2.00 bits per heavy atom. The molecule has 1 aliphatic rings. The van der Waals surface area contributed by atoms with E-state index in [0.717, 1.165) is 4.90 Å². The van der Waals surface area contributed by atoms with Gasteiger partial charge in [-0.1, -0.05) is 0 Å². The fourth-order valence-electron chi connectivity index (χ4n) is 1.53. The summed E-state index contributed by atoms with van der Waals surface area (Å²) < 4.78 is 0. The first-order valence-corrected chi connectivity index (χ1v) is 4.82. The molecule has 0 bridgehead atoms. The molecule has 0 saturated heterocycles. The standard InChI is InChI=1S/C10H15N3O3/c1-6(11-12(3)4)9-8(15)5-13(7(2)14)10(9)16/h15H,5H2,1-4H3/b11-6+. The van der Waals surface area contributed by atoms with Gasteiger partial charge in [0, 0.05) is 21.0 Å². The average Bonchev–Trinajstić information content (AvgIpc) is 2.40. The Morgan fingerprint density at radius 1 is 1.44 bits per heavy atom. The fraction of sp³-hybridized carbons (Fsp3) is 0.500. The third-order valence-corrected chi connectivity index (χ3v) is 2.15. The van der Waals surface area contributed by atoms with E-state index in [1.807, 2.05) is 0 Å². The van der Waals surface area contributed by atoms with E-state index in [4.69, 9.17) is 0 Å². The number of hydrogen-bond donors (Lipinski definition) is 1. The molecule has 0 fully saturated rings. The first-order chi connectivity index (χ1) is 7.34. The highest BCUT2D eigenvalue weighted by Crippen LogP contribution is 2.18. The van der Waals surface area contributed by atoms with E-state index in [2.05, 4.69) is 5.10 Å². The van der Waals surface area contributed by atoms with E-state index in [0.29, 0.717) is 5.71 Å². The number of carbonyl (C=O) groups is 2. The number of aliphatic hydroxyl groups is 1. The van der Waals surface area contributed by atoms with Crippen molar-refractivity contribution in [3.05, 3.63) is 11.3 Å². The maximum absolute atomic E-state index is 11.8. The zero-order valence-corrected chi connectivity index (χ0v) is 9.81. The number of hydrazone groups is 1. The number of amides is 2. The van der Waals surface area contributed by atoms with E-state index >= 15 is 0 Å². The predicted octanol–water partition coefficient (Wildman–Crippen LogP) is 0.125. The van der Waals surface area contributed by atoms with Gasteiger partial charge in [-0.15, -0.1) is 0 Å². The zero-order valence-electron chi connectivity index (χ0n) is 9.81. The van der Waals surface area contributed by atoms with Crippen molar-refractivity contribution in [1.29, 1.82) is 0 Å². The summed E-state index contributed by atoms with van der Waals surface area (Å²) in [5.74, 6) is -0.986. The molecule has 2 amide bonds. The second kappa shape index (κ2) is 4.34. The van der Waals surface area contributed by atoms with Gasteiger partial charge in [-0.3, -0.25) is 14.5 Å². The Kier molecular flexibility index (Phi) is 3.31. The summed E-state index contributed by atoms with van der Waals surface area (Å²) in [4.78, 5) is 23.9. The van der Waals surface area contributed by atoms with Crippen LogP contribution in [-0.2, 0) is 9.59 Å². The molecule has 0 aliphatic carbocycles. The van der Waals surface area contributed by atoms with Crippen LogP contribution in [0.15, 0.2) is 16.4 Å². The van der Waals surface area contributed by atoms with E-state index < -0.39 is 5.91 Å². The van der Waals surface area contributed by atoms with Crippen LogP contribution in [0.1, 0.15) is 13.8 Å². The van der Waals surface area contributed by atoms with Crippen LogP contribution < -0.4 is 0 Å². The summed E-state index contributed by atoms with van der Waals surface area (Å²) in [7, 11) is 3.42. The molecule has 16 heavy (non-hydrogen) atoms. The molecule has 1 aliphatic heterocycles. The Balaban J connectivity index is 3.02. The van der Waals surface area contributed by atoms with Gasteiger partial charge in [0.05, 0.1) is 12.3 Å². The number of rotatable bonds is 2. The molecule has 0 saturated carbocycles. The second-order valence-electron chi connectivity index (χ2n) is 3.76. The molecule has 6 heteroatoms. The van der Waals surface area contributed by atoms with Crippen LogP contribution in [0, 0.1) is 0 Å². The van der Waals surface area contributed by atoms with E-state index in [1.165, 1.54) is 11.9 Å². The van der Waals surface area contributed by atoms with Crippen molar-refractivity contribution in [3.63, 3.8) is 0 Å². The summed E-state index contributed by atoms with van der Waals surface area (Å²) in [6.07, 6.45) is 0. The molecule has 1 heterocycles.